The summed E-state index contributed by atoms with van der Waals surface area (Å²) in [6.45, 7) is 3.39. The van der Waals surface area contributed by atoms with Gasteiger partial charge in [0.25, 0.3) is 0 Å². The van der Waals surface area contributed by atoms with Crippen LogP contribution in [-0.2, 0) is 6.42 Å². The molecule has 0 amide bonds. The van der Waals surface area contributed by atoms with Crippen molar-refractivity contribution in [3.8, 4) is 0 Å². The maximum atomic E-state index is 3.75. The van der Waals surface area contributed by atoms with Crippen LogP contribution in [0.2, 0.25) is 0 Å². The van der Waals surface area contributed by atoms with Gasteiger partial charge in [-0.3, -0.25) is 0 Å². The van der Waals surface area contributed by atoms with Crippen molar-refractivity contribution in [3.63, 3.8) is 0 Å². The molecule has 2 rings (SSSR count). The van der Waals surface area contributed by atoms with E-state index in [1.807, 2.05) is 0 Å². The highest BCUT2D eigenvalue weighted by atomic mass is 127. The van der Waals surface area contributed by atoms with Crippen LogP contribution in [0, 0.1) is 3.57 Å². The van der Waals surface area contributed by atoms with Gasteiger partial charge < -0.3 is 5.32 Å². The molecule has 1 unspecified atom stereocenters. The van der Waals surface area contributed by atoms with Crippen LogP contribution in [0.5, 0.6) is 0 Å². The van der Waals surface area contributed by atoms with E-state index in [4.69, 9.17) is 0 Å². The van der Waals surface area contributed by atoms with Gasteiger partial charge in [0, 0.05) is 20.6 Å². The van der Waals surface area contributed by atoms with E-state index < -0.39 is 0 Å². The number of hydrogen-bond acceptors (Lipinski definition) is 2. The number of benzene rings is 1. The minimum absolute atomic E-state index is 0.622. The lowest BCUT2D eigenvalue weighted by Crippen LogP contribution is -2.34. The first-order valence-electron chi connectivity index (χ1n) is 8.37. The van der Waals surface area contributed by atoms with Crippen molar-refractivity contribution in [1.82, 2.24) is 5.32 Å². The van der Waals surface area contributed by atoms with E-state index in [2.05, 4.69) is 70.9 Å². The average molecular weight is 417 g/mol. The Kier molecular flexibility index (Phi) is 8.48. The zero-order chi connectivity index (χ0) is 14.9. The third-order valence-corrected chi connectivity index (χ3v) is 6.42. The largest absolute Gasteiger partial charge is 0.313 e. The number of halogens is 1. The second-order valence-electron chi connectivity index (χ2n) is 6.07. The Labute approximate surface area is 148 Å². The summed E-state index contributed by atoms with van der Waals surface area (Å²) in [5.41, 5.74) is 1.47. The number of rotatable bonds is 8. The van der Waals surface area contributed by atoms with Gasteiger partial charge in [0.1, 0.15) is 0 Å². The number of thioether (sulfide) groups is 1. The summed E-state index contributed by atoms with van der Waals surface area (Å²) in [7, 11) is 0. The number of hydrogen-bond donors (Lipinski definition) is 1. The van der Waals surface area contributed by atoms with E-state index in [0.29, 0.717) is 6.04 Å². The quantitative estimate of drug-likeness (QED) is 0.579. The van der Waals surface area contributed by atoms with Crippen molar-refractivity contribution >= 4 is 34.4 Å². The smallest absolute Gasteiger partial charge is 0.0198 e. The van der Waals surface area contributed by atoms with Crippen molar-refractivity contribution in [2.24, 2.45) is 0 Å². The van der Waals surface area contributed by atoms with E-state index in [1.165, 1.54) is 53.4 Å². The minimum Gasteiger partial charge on any atom is -0.313 e. The molecule has 0 spiro atoms. The van der Waals surface area contributed by atoms with Gasteiger partial charge in [0.2, 0.25) is 0 Å². The minimum atomic E-state index is 0.622. The Morgan fingerprint density at radius 2 is 1.90 bits per heavy atom. The van der Waals surface area contributed by atoms with Gasteiger partial charge in [-0.1, -0.05) is 38.3 Å². The van der Waals surface area contributed by atoms with Crippen LogP contribution in [0.25, 0.3) is 0 Å². The zero-order valence-corrected chi connectivity index (χ0v) is 16.1. The summed E-state index contributed by atoms with van der Waals surface area (Å²) < 4.78 is 1.32. The van der Waals surface area contributed by atoms with E-state index in [9.17, 15) is 0 Å². The maximum Gasteiger partial charge on any atom is 0.0198 e. The molecular formula is C18H28INS. The maximum absolute atomic E-state index is 3.75. The first-order valence-corrected chi connectivity index (χ1v) is 10.5. The van der Waals surface area contributed by atoms with Gasteiger partial charge in [-0.05, 0) is 72.5 Å². The molecule has 1 atom stereocenters. The Morgan fingerprint density at radius 1 is 1.19 bits per heavy atom. The van der Waals surface area contributed by atoms with Crippen molar-refractivity contribution < 1.29 is 0 Å². The van der Waals surface area contributed by atoms with Crippen LogP contribution in [0.1, 0.15) is 51.0 Å². The van der Waals surface area contributed by atoms with E-state index in [1.54, 1.807) is 0 Å². The van der Waals surface area contributed by atoms with Crippen molar-refractivity contribution in [2.75, 3.05) is 12.3 Å². The lowest BCUT2D eigenvalue weighted by Gasteiger charge is -2.25. The summed E-state index contributed by atoms with van der Waals surface area (Å²) >= 11 is 4.59. The second kappa shape index (κ2) is 10.1. The molecule has 1 fully saturated rings. The molecule has 1 N–H and O–H groups in total. The molecule has 118 valence electrons. The Morgan fingerprint density at radius 3 is 2.57 bits per heavy atom. The summed E-state index contributed by atoms with van der Waals surface area (Å²) in [4.78, 5) is 0. The molecule has 0 heterocycles. The molecule has 1 aliphatic carbocycles. The van der Waals surface area contributed by atoms with Crippen molar-refractivity contribution in [3.05, 3.63) is 33.4 Å². The predicted molar refractivity (Wildman–Crippen MR) is 104 cm³/mol. The molecule has 1 aliphatic rings. The SMILES string of the molecule is CCCNC(CSC1CCCCC1)Cc1ccc(I)cc1. The second-order valence-corrected chi connectivity index (χ2v) is 8.65. The fourth-order valence-corrected chi connectivity index (χ4v) is 4.69. The molecule has 0 radical (unpaired) electrons. The monoisotopic (exact) mass is 417 g/mol. The fraction of sp³-hybridized carbons (Fsp3) is 0.667. The molecule has 0 aliphatic heterocycles. The van der Waals surface area contributed by atoms with Crippen LogP contribution in [0.4, 0.5) is 0 Å². The Hall–Kier alpha value is 0.260. The highest BCUT2D eigenvalue weighted by Gasteiger charge is 2.16. The lowest BCUT2D eigenvalue weighted by molar-refractivity contribution is 0.511. The van der Waals surface area contributed by atoms with Gasteiger partial charge >= 0.3 is 0 Å². The molecule has 1 saturated carbocycles. The topological polar surface area (TPSA) is 12.0 Å². The van der Waals surface area contributed by atoms with Gasteiger partial charge in [-0.2, -0.15) is 11.8 Å². The zero-order valence-electron chi connectivity index (χ0n) is 13.1. The Balaban J connectivity index is 1.82. The predicted octanol–water partition coefficient (Wildman–Crippen LogP) is 5.27. The molecule has 1 nitrogen and oxygen atoms in total. The molecular weight excluding hydrogens is 389 g/mol. The summed E-state index contributed by atoms with van der Waals surface area (Å²) in [6, 6.07) is 9.64. The van der Waals surface area contributed by atoms with Crippen molar-refractivity contribution in [2.45, 2.75) is 63.2 Å². The molecule has 3 heteroatoms. The molecule has 1 aromatic carbocycles. The summed E-state index contributed by atoms with van der Waals surface area (Å²) in [6.07, 6.45) is 9.61. The normalized spacial score (nSPS) is 17.8. The van der Waals surface area contributed by atoms with Gasteiger partial charge in [-0.25, -0.2) is 0 Å². The molecule has 0 bridgehead atoms. The first kappa shape index (κ1) is 17.6. The third-order valence-electron chi connectivity index (χ3n) is 4.16. The van der Waals surface area contributed by atoms with Gasteiger partial charge in [-0.15, -0.1) is 0 Å². The van der Waals surface area contributed by atoms with Crippen LogP contribution in [0.3, 0.4) is 0 Å². The number of nitrogens with one attached hydrogen (secondary N) is 1. The van der Waals surface area contributed by atoms with Crippen LogP contribution in [-0.4, -0.2) is 23.6 Å². The van der Waals surface area contributed by atoms with Crippen molar-refractivity contribution in [1.29, 1.82) is 0 Å². The lowest BCUT2D eigenvalue weighted by atomic mass is 10.0. The van der Waals surface area contributed by atoms with E-state index in [0.717, 1.165) is 18.2 Å². The van der Waals surface area contributed by atoms with Gasteiger partial charge in [0.15, 0.2) is 0 Å². The first-order chi connectivity index (χ1) is 10.3. The fourth-order valence-electron chi connectivity index (χ4n) is 2.93. The molecule has 1 aromatic rings. The molecule has 0 aromatic heterocycles. The molecule has 0 saturated heterocycles. The van der Waals surface area contributed by atoms with Crippen LogP contribution in [0.15, 0.2) is 24.3 Å². The highest BCUT2D eigenvalue weighted by molar-refractivity contribution is 14.1. The summed E-state index contributed by atoms with van der Waals surface area (Å²) in [5.74, 6) is 1.26. The summed E-state index contributed by atoms with van der Waals surface area (Å²) in [5, 5.41) is 4.67. The van der Waals surface area contributed by atoms with Crippen LogP contribution < -0.4 is 5.32 Å². The highest BCUT2D eigenvalue weighted by Crippen LogP contribution is 2.28. The van der Waals surface area contributed by atoms with E-state index >= 15 is 0 Å². The standard InChI is InChI=1S/C18H28INS/c1-2-12-20-17(13-15-8-10-16(19)11-9-15)14-21-18-6-4-3-5-7-18/h8-11,17-18,20H,2-7,12-14H2,1H3. The Bertz CT molecular complexity index is 387. The molecule has 21 heavy (non-hydrogen) atoms. The van der Waals surface area contributed by atoms with E-state index in [-0.39, 0.29) is 0 Å². The third kappa shape index (κ3) is 6.91. The average Bonchev–Trinajstić information content (AvgIpc) is 2.53. The van der Waals surface area contributed by atoms with Crippen LogP contribution >= 0.6 is 34.4 Å². The van der Waals surface area contributed by atoms with Gasteiger partial charge in [0.05, 0.1) is 0 Å².